The van der Waals surface area contributed by atoms with Crippen molar-refractivity contribution in [2.45, 2.75) is 36.3 Å². The minimum Gasteiger partial charge on any atom is -0.381 e. The SMILES string of the molecule is CN=C(NCC(C)Sc1ccccc1)N(C)CCC1CCOCC1. The van der Waals surface area contributed by atoms with Crippen molar-refractivity contribution in [3.63, 3.8) is 0 Å². The van der Waals surface area contributed by atoms with Gasteiger partial charge in [-0.05, 0) is 37.3 Å². The molecule has 5 heteroatoms. The molecule has 1 aliphatic rings. The van der Waals surface area contributed by atoms with E-state index in [1.807, 2.05) is 18.8 Å². The minimum absolute atomic E-state index is 0.494. The Kier molecular flexibility index (Phi) is 8.47. The maximum Gasteiger partial charge on any atom is 0.193 e. The highest BCUT2D eigenvalue weighted by Gasteiger charge is 2.15. The van der Waals surface area contributed by atoms with Crippen molar-refractivity contribution in [1.29, 1.82) is 0 Å². The summed E-state index contributed by atoms with van der Waals surface area (Å²) < 4.78 is 5.44. The van der Waals surface area contributed by atoms with E-state index in [-0.39, 0.29) is 0 Å². The van der Waals surface area contributed by atoms with Crippen LogP contribution in [-0.4, -0.2) is 56.5 Å². The maximum absolute atomic E-state index is 5.44. The first-order valence-corrected chi connectivity index (χ1v) is 9.78. The van der Waals surface area contributed by atoms with Gasteiger partial charge in [0, 0.05) is 50.5 Å². The van der Waals surface area contributed by atoms with E-state index in [0.29, 0.717) is 5.25 Å². The molecule has 1 aliphatic heterocycles. The van der Waals surface area contributed by atoms with E-state index in [0.717, 1.165) is 38.2 Å². The van der Waals surface area contributed by atoms with E-state index in [2.05, 4.69) is 59.5 Å². The van der Waals surface area contributed by atoms with Crippen molar-refractivity contribution in [1.82, 2.24) is 10.2 Å². The van der Waals surface area contributed by atoms with Gasteiger partial charge in [-0.3, -0.25) is 4.99 Å². The van der Waals surface area contributed by atoms with Gasteiger partial charge in [-0.1, -0.05) is 25.1 Å². The zero-order valence-corrected chi connectivity index (χ0v) is 16.0. The molecule has 1 N–H and O–H groups in total. The Labute approximate surface area is 151 Å². The van der Waals surface area contributed by atoms with Crippen molar-refractivity contribution < 1.29 is 4.74 Å². The number of benzene rings is 1. The van der Waals surface area contributed by atoms with E-state index in [1.165, 1.54) is 24.2 Å². The molecule has 2 rings (SSSR count). The van der Waals surface area contributed by atoms with Crippen LogP contribution in [0.2, 0.25) is 0 Å². The van der Waals surface area contributed by atoms with Crippen LogP contribution in [0.25, 0.3) is 0 Å². The number of aliphatic imine (C=N–C) groups is 1. The second-order valence-corrected chi connectivity index (χ2v) is 7.95. The summed E-state index contributed by atoms with van der Waals surface area (Å²) in [5.74, 6) is 1.79. The molecule has 1 fully saturated rings. The van der Waals surface area contributed by atoms with Gasteiger partial charge in [0.25, 0.3) is 0 Å². The molecule has 1 atom stereocenters. The molecule has 1 heterocycles. The Hall–Kier alpha value is -1.20. The summed E-state index contributed by atoms with van der Waals surface area (Å²) in [5.41, 5.74) is 0. The van der Waals surface area contributed by atoms with E-state index in [4.69, 9.17) is 4.74 Å². The van der Waals surface area contributed by atoms with Crippen molar-refractivity contribution in [3.05, 3.63) is 30.3 Å². The molecule has 4 nitrogen and oxygen atoms in total. The Morgan fingerprint density at radius 3 is 2.71 bits per heavy atom. The average molecular weight is 350 g/mol. The zero-order valence-electron chi connectivity index (χ0n) is 15.2. The molecule has 0 aliphatic carbocycles. The van der Waals surface area contributed by atoms with Crippen molar-refractivity contribution in [2.24, 2.45) is 10.9 Å². The molecular formula is C19H31N3OS. The normalized spacial score (nSPS) is 17.5. The summed E-state index contributed by atoms with van der Waals surface area (Å²) in [6, 6.07) is 10.6. The smallest absolute Gasteiger partial charge is 0.193 e. The van der Waals surface area contributed by atoms with Crippen LogP contribution < -0.4 is 5.32 Å². The summed E-state index contributed by atoms with van der Waals surface area (Å²) in [6.45, 7) is 6.06. The van der Waals surface area contributed by atoms with Crippen molar-refractivity contribution >= 4 is 17.7 Å². The Morgan fingerprint density at radius 2 is 2.04 bits per heavy atom. The number of hydrogen-bond donors (Lipinski definition) is 1. The molecule has 0 radical (unpaired) electrons. The highest BCUT2D eigenvalue weighted by atomic mass is 32.2. The fourth-order valence-corrected chi connectivity index (χ4v) is 3.86. The van der Waals surface area contributed by atoms with Crippen LogP contribution in [0.1, 0.15) is 26.2 Å². The fraction of sp³-hybridized carbons (Fsp3) is 0.632. The lowest BCUT2D eigenvalue weighted by Gasteiger charge is -2.27. The maximum atomic E-state index is 5.44. The predicted octanol–water partition coefficient (Wildman–Crippen LogP) is 3.49. The standard InChI is InChI=1S/C19H31N3OS/c1-16(24-18-7-5-4-6-8-18)15-21-19(20-2)22(3)12-9-17-10-13-23-14-11-17/h4-8,16-17H,9-15H2,1-3H3,(H,20,21). The number of rotatable bonds is 7. The second kappa shape index (κ2) is 10.6. The van der Waals surface area contributed by atoms with Crippen LogP contribution in [0.4, 0.5) is 0 Å². The molecular weight excluding hydrogens is 318 g/mol. The van der Waals surface area contributed by atoms with E-state index in [9.17, 15) is 0 Å². The molecule has 0 aromatic heterocycles. The third-order valence-corrected chi connectivity index (χ3v) is 5.53. The molecule has 0 bridgehead atoms. The molecule has 1 saturated heterocycles. The van der Waals surface area contributed by atoms with Crippen LogP contribution in [0.5, 0.6) is 0 Å². The topological polar surface area (TPSA) is 36.9 Å². The number of ether oxygens (including phenoxy) is 1. The molecule has 0 saturated carbocycles. The largest absolute Gasteiger partial charge is 0.381 e. The van der Waals surface area contributed by atoms with Gasteiger partial charge in [-0.15, -0.1) is 11.8 Å². The first-order valence-electron chi connectivity index (χ1n) is 8.90. The minimum atomic E-state index is 0.494. The highest BCUT2D eigenvalue weighted by Crippen LogP contribution is 2.22. The first kappa shape index (κ1) is 19.1. The van der Waals surface area contributed by atoms with Gasteiger partial charge in [0.1, 0.15) is 0 Å². The van der Waals surface area contributed by atoms with E-state index in [1.54, 1.807) is 0 Å². The third-order valence-electron chi connectivity index (χ3n) is 4.42. The Bertz CT molecular complexity index is 489. The molecule has 0 spiro atoms. The molecule has 134 valence electrons. The fourth-order valence-electron chi connectivity index (χ4n) is 2.91. The van der Waals surface area contributed by atoms with Gasteiger partial charge in [0.05, 0.1) is 0 Å². The predicted molar refractivity (Wildman–Crippen MR) is 104 cm³/mol. The van der Waals surface area contributed by atoms with Gasteiger partial charge in [0.2, 0.25) is 0 Å². The van der Waals surface area contributed by atoms with Gasteiger partial charge in [-0.25, -0.2) is 0 Å². The zero-order chi connectivity index (χ0) is 17.2. The number of guanidine groups is 1. The van der Waals surface area contributed by atoms with Gasteiger partial charge < -0.3 is 15.0 Å². The summed E-state index contributed by atoms with van der Waals surface area (Å²) in [4.78, 5) is 7.99. The number of nitrogens with one attached hydrogen (secondary N) is 1. The van der Waals surface area contributed by atoms with Gasteiger partial charge in [0.15, 0.2) is 5.96 Å². The lowest BCUT2D eigenvalue weighted by molar-refractivity contribution is 0.0625. The quantitative estimate of drug-likeness (QED) is 0.464. The van der Waals surface area contributed by atoms with Crippen LogP contribution in [-0.2, 0) is 4.74 Å². The molecule has 1 aromatic carbocycles. The summed E-state index contributed by atoms with van der Waals surface area (Å²) >= 11 is 1.89. The summed E-state index contributed by atoms with van der Waals surface area (Å²) in [7, 11) is 3.99. The molecule has 1 aromatic rings. The van der Waals surface area contributed by atoms with Crippen LogP contribution >= 0.6 is 11.8 Å². The molecule has 1 unspecified atom stereocenters. The second-order valence-electron chi connectivity index (χ2n) is 6.44. The van der Waals surface area contributed by atoms with Crippen LogP contribution in [0, 0.1) is 5.92 Å². The molecule has 24 heavy (non-hydrogen) atoms. The monoisotopic (exact) mass is 349 g/mol. The van der Waals surface area contributed by atoms with Crippen molar-refractivity contribution in [3.8, 4) is 0 Å². The van der Waals surface area contributed by atoms with E-state index >= 15 is 0 Å². The lowest BCUT2D eigenvalue weighted by atomic mass is 9.96. The van der Waals surface area contributed by atoms with Crippen LogP contribution in [0.15, 0.2) is 40.2 Å². The number of hydrogen-bond acceptors (Lipinski definition) is 3. The number of thioether (sulfide) groups is 1. The first-order chi connectivity index (χ1) is 11.7. The van der Waals surface area contributed by atoms with Gasteiger partial charge in [-0.2, -0.15) is 0 Å². The van der Waals surface area contributed by atoms with Crippen LogP contribution in [0.3, 0.4) is 0 Å². The lowest BCUT2D eigenvalue weighted by Crippen LogP contribution is -2.42. The average Bonchev–Trinajstić information content (AvgIpc) is 2.62. The van der Waals surface area contributed by atoms with Crippen molar-refractivity contribution in [2.75, 3.05) is 40.4 Å². The Balaban J connectivity index is 1.70. The number of nitrogens with zero attached hydrogens (tertiary/aromatic N) is 2. The van der Waals surface area contributed by atoms with Gasteiger partial charge >= 0.3 is 0 Å². The summed E-state index contributed by atoms with van der Waals surface area (Å²) in [6.07, 6.45) is 3.62. The summed E-state index contributed by atoms with van der Waals surface area (Å²) in [5, 5.41) is 4.00. The third kappa shape index (κ3) is 6.73. The highest BCUT2D eigenvalue weighted by molar-refractivity contribution is 8.00. The molecule has 0 amide bonds. The van der Waals surface area contributed by atoms with E-state index < -0.39 is 0 Å². The Morgan fingerprint density at radius 1 is 1.33 bits per heavy atom.